The number of esters is 1. The Hall–Kier alpha value is -2.50. The van der Waals surface area contributed by atoms with Gasteiger partial charge in [-0.1, -0.05) is 12.1 Å². The van der Waals surface area contributed by atoms with Crippen molar-refractivity contribution in [2.75, 3.05) is 20.0 Å². The summed E-state index contributed by atoms with van der Waals surface area (Å²) >= 11 is 0. The van der Waals surface area contributed by atoms with Crippen LogP contribution in [0.1, 0.15) is 10.5 Å². The van der Waals surface area contributed by atoms with E-state index in [-0.39, 0.29) is 11.5 Å². The van der Waals surface area contributed by atoms with Gasteiger partial charge in [-0.2, -0.15) is 5.10 Å². The third kappa shape index (κ3) is 2.00. The average molecular weight is 247 g/mol. The van der Waals surface area contributed by atoms with E-state index in [9.17, 15) is 4.79 Å². The predicted molar refractivity (Wildman–Crippen MR) is 66.3 cm³/mol. The molecule has 0 aliphatic rings. The van der Waals surface area contributed by atoms with E-state index < -0.39 is 5.97 Å². The van der Waals surface area contributed by atoms with Crippen LogP contribution in [0.4, 0.5) is 5.82 Å². The minimum Gasteiger partial charge on any atom is -0.497 e. The normalized spacial score (nSPS) is 10.1. The number of nitrogen functional groups attached to an aromatic ring is 1. The molecule has 18 heavy (non-hydrogen) atoms. The minimum atomic E-state index is -0.517. The van der Waals surface area contributed by atoms with Crippen LogP contribution in [0.3, 0.4) is 0 Å². The molecule has 0 aliphatic heterocycles. The Morgan fingerprint density at radius 2 is 2.17 bits per heavy atom. The lowest BCUT2D eigenvalue weighted by atomic mass is 10.1. The number of H-pyrrole nitrogens is 1. The molecule has 0 aliphatic carbocycles. The van der Waals surface area contributed by atoms with Crippen molar-refractivity contribution in [3.05, 3.63) is 30.0 Å². The summed E-state index contributed by atoms with van der Waals surface area (Å²) in [5, 5.41) is 6.40. The Bertz CT molecular complexity index is 578. The van der Waals surface area contributed by atoms with Crippen molar-refractivity contribution in [2.24, 2.45) is 0 Å². The van der Waals surface area contributed by atoms with Gasteiger partial charge in [-0.3, -0.25) is 5.10 Å². The number of carbonyl (C=O) groups excluding carboxylic acids is 1. The van der Waals surface area contributed by atoms with Gasteiger partial charge in [-0.15, -0.1) is 0 Å². The molecule has 2 rings (SSSR count). The number of benzene rings is 1. The molecule has 0 unspecified atom stereocenters. The molecule has 1 aromatic carbocycles. The third-order valence-corrected chi connectivity index (χ3v) is 2.54. The van der Waals surface area contributed by atoms with Gasteiger partial charge < -0.3 is 15.2 Å². The number of nitrogens with zero attached hydrogens (tertiary/aromatic N) is 1. The van der Waals surface area contributed by atoms with Crippen LogP contribution in [0.2, 0.25) is 0 Å². The first-order valence-corrected chi connectivity index (χ1v) is 5.24. The summed E-state index contributed by atoms with van der Waals surface area (Å²) in [4.78, 5) is 11.6. The molecule has 0 saturated carbocycles. The molecule has 0 radical (unpaired) electrons. The summed E-state index contributed by atoms with van der Waals surface area (Å²) in [5.41, 5.74) is 7.24. The first kappa shape index (κ1) is 12.0. The topological polar surface area (TPSA) is 90.2 Å². The van der Waals surface area contributed by atoms with E-state index in [4.69, 9.17) is 10.5 Å². The van der Waals surface area contributed by atoms with E-state index in [1.54, 1.807) is 19.2 Å². The Morgan fingerprint density at radius 3 is 2.83 bits per heavy atom. The monoisotopic (exact) mass is 247 g/mol. The summed E-state index contributed by atoms with van der Waals surface area (Å²) in [5.74, 6) is 0.393. The lowest BCUT2D eigenvalue weighted by Crippen LogP contribution is -2.03. The van der Waals surface area contributed by atoms with Crippen LogP contribution >= 0.6 is 0 Å². The number of carbonyl (C=O) groups is 1. The zero-order valence-corrected chi connectivity index (χ0v) is 10.1. The molecule has 3 N–H and O–H groups in total. The fraction of sp³-hybridized carbons (Fsp3) is 0.167. The van der Waals surface area contributed by atoms with Gasteiger partial charge in [0.1, 0.15) is 5.75 Å². The Kier molecular flexibility index (Phi) is 3.18. The van der Waals surface area contributed by atoms with Gasteiger partial charge >= 0.3 is 5.97 Å². The zero-order chi connectivity index (χ0) is 13.1. The van der Waals surface area contributed by atoms with Gasteiger partial charge in [0.05, 0.1) is 19.8 Å². The smallest absolute Gasteiger partial charge is 0.356 e. The maximum atomic E-state index is 11.6. The fourth-order valence-corrected chi connectivity index (χ4v) is 1.68. The SMILES string of the molecule is COC(=O)c1[nH]nc(N)c1-c1cccc(OC)c1. The summed E-state index contributed by atoms with van der Waals surface area (Å²) in [6.45, 7) is 0. The minimum absolute atomic E-state index is 0.225. The summed E-state index contributed by atoms with van der Waals surface area (Å²) < 4.78 is 9.80. The lowest BCUT2D eigenvalue weighted by molar-refractivity contribution is 0.0595. The van der Waals surface area contributed by atoms with Gasteiger partial charge in [0.2, 0.25) is 0 Å². The standard InChI is InChI=1S/C12H13N3O3/c1-17-8-5-3-4-7(6-8)9-10(12(16)18-2)14-15-11(9)13/h3-6H,1-2H3,(H3,13,14,15). The first-order chi connectivity index (χ1) is 8.67. The zero-order valence-electron chi connectivity index (χ0n) is 10.1. The number of nitrogens with two attached hydrogens (primary N) is 1. The second-order valence-electron chi connectivity index (χ2n) is 3.58. The highest BCUT2D eigenvalue weighted by atomic mass is 16.5. The molecule has 6 heteroatoms. The Morgan fingerprint density at radius 1 is 1.39 bits per heavy atom. The van der Waals surface area contributed by atoms with E-state index in [1.165, 1.54) is 7.11 Å². The number of hydrogen-bond acceptors (Lipinski definition) is 5. The molecule has 0 atom stereocenters. The summed E-state index contributed by atoms with van der Waals surface area (Å²) in [6, 6.07) is 7.20. The number of methoxy groups -OCH3 is 2. The molecule has 0 amide bonds. The van der Waals surface area contributed by atoms with Gasteiger partial charge in [0.15, 0.2) is 11.5 Å². The van der Waals surface area contributed by atoms with Crippen LogP contribution in [-0.4, -0.2) is 30.4 Å². The number of hydrogen-bond donors (Lipinski definition) is 2. The lowest BCUT2D eigenvalue weighted by Gasteiger charge is -2.05. The summed E-state index contributed by atoms with van der Waals surface area (Å²) in [6.07, 6.45) is 0. The van der Waals surface area contributed by atoms with Crippen molar-refractivity contribution in [1.82, 2.24) is 10.2 Å². The number of anilines is 1. The Balaban J connectivity index is 2.55. The quantitative estimate of drug-likeness (QED) is 0.801. The molecular formula is C12H13N3O3. The van der Waals surface area contributed by atoms with Crippen molar-refractivity contribution in [3.8, 4) is 16.9 Å². The number of ether oxygens (including phenoxy) is 2. The van der Waals surface area contributed by atoms with Crippen molar-refractivity contribution in [1.29, 1.82) is 0 Å². The Labute approximate surface area is 104 Å². The second kappa shape index (κ2) is 4.79. The maximum absolute atomic E-state index is 11.6. The van der Waals surface area contributed by atoms with Crippen molar-refractivity contribution < 1.29 is 14.3 Å². The van der Waals surface area contributed by atoms with E-state index in [0.717, 1.165) is 5.56 Å². The molecule has 0 bridgehead atoms. The molecule has 0 spiro atoms. The van der Waals surface area contributed by atoms with Crippen LogP contribution < -0.4 is 10.5 Å². The van der Waals surface area contributed by atoms with E-state index >= 15 is 0 Å². The number of aromatic nitrogens is 2. The molecular weight excluding hydrogens is 234 g/mol. The molecule has 0 fully saturated rings. The van der Waals surface area contributed by atoms with Crippen LogP contribution in [0.15, 0.2) is 24.3 Å². The second-order valence-corrected chi connectivity index (χ2v) is 3.58. The molecule has 2 aromatic rings. The average Bonchev–Trinajstić information content (AvgIpc) is 2.79. The van der Waals surface area contributed by atoms with Gasteiger partial charge in [-0.25, -0.2) is 4.79 Å². The molecule has 1 heterocycles. The molecule has 94 valence electrons. The van der Waals surface area contributed by atoms with Crippen LogP contribution in [-0.2, 0) is 4.74 Å². The molecule has 0 saturated heterocycles. The fourth-order valence-electron chi connectivity index (χ4n) is 1.68. The predicted octanol–water partition coefficient (Wildman–Crippen LogP) is 1.45. The van der Waals surface area contributed by atoms with Crippen LogP contribution in [0.5, 0.6) is 5.75 Å². The highest BCUT2D eigenvalue weighted by Gasteiger charge is 2.19. The van der Waals surface area contributed by atoms with Crippen LogP contribution in [0, 0.1) is 0 Å². The van der Waals surface area contributed by atoms with Gasteiger partial charge in [0.25, 0.3) is 0 Å². The van der Waals surface area contributed by atoms with Gasteiger partial charge in [-0.05, 0) is 17.7 Å². The largest absolute Gasteiger partial charge is 0.497 e. The summed E-state index contributed by atoms with van der Waals surface area (Å²) in [7, 11) is 2.87. The van der Waals surface area contributed by atoms with Crippen molar-refractivity contribution in [2.45, 2.75) is 0 Å². The van der Waals surface area contributed by atoms with E-state index in [1.807, 2.05) is 12.1 Å². The number of rotatable bonds is 3. The first-order valence-electron chi connectivity index (χ1n) is 5.24. The van der Waals surface area contributed by atoms with E-state index in [0.29, 0.717) is 11.3 Å². The van der Waals surface area contributed by atoms with Crippen molar-refractivity contribution in [3.63, 3.8) is 0 Å². The third-order valence-electron chi connectivity index (χ3n) is 2.54. The maximum Gasteiger partial charge on any atom is 0.356 e. The van der Waals surface area contributed by atoms with E-state index in [2.05, 4.69) is 14.9 Å². The molecule has 6 nitrogen and oxygen atoms in total. The van der Waals surface area contributed by atoms with Crippen molar-refractivity contribution >= 4 is 11.8 Å². The van der Waals surface area contributed by atoms with Gasteiger partial charge in [0, 0.05) is 0 Å². The van der Waals surface area contributed by atoms with Crippen LogP contribution in [0.25, 0.3) is 11.1 Å². The number of aromatic amines is 1. The highest BCUT2D eigenvalue weighted by molar-refractivity contribution is 5.98. The highest BCUT2D eigenvalue weighted by Crippen LogP contribution is 2.30. The number of nitrogens with one attached hydrogen (secondary N) is 1. The molecule has 1 aromatic heterocycles.